The van der Waals surface area contributed by atoms with E-state index in [4.69, 9.17) is 11.6 Å². The molecule has 0 saturated carbocycles. The van der Waals surface area contributed by atoms with Gasteiger partial charge in [0.25, 0.3) is 5.56 Å². The topological polar surface area (TPSA) is 50.2 Å². The first kappa shape index (κ1) is 17.7. The van der Waals surface area contributed by atoms with Crippen LogP contribution in [0.2, 0.25) is 5.02 Å². The number of hydrogen-bond donors (Lipinski definition) is 1. The van der Waals surface area contributed by atoms with E-state index in [1.165, 1.54) is 9.56 Å². The molecular formula is C18H19ClN4OS. The van der Waals surface area contributed by atoms with Gasteiger partial charge in [-0.15, -0.1) is 11.3 Å². The molecule has 130 valence electrons. The van der Waals surface area contributed by atoms with Gasteiger partial charge in [-0.1, -0.05) is 35.9 Å². The Morgan fingerprint density at radius 3 is 2.64 bits per heavy atom. The Bertz CT molecular complexity index is 878. The minimum Gasteiger partial charge on any atom is -0.380 e. The molecule has 1 N–H and O–H groups in total. The van der Waals surface area contributed by atoms with Crippen LogP contribution >= 0.6 is 22.9 Å². The summed E-state index contributed by atoms with van der Waals surface area (Å²) in [6.07, 6.45) is 1.60. The van der Waals surface area contributed by atoms with Crippen molar-refractivity contribution in [2.75, 3.05) is 26.0 Å². The maximum absolute atomic E-state index is 12.5. The summed E-state index contributed by atoms with van der Waals surface area (Å²) >= 11 is 7.99. The Balaban J connectivity index is 1.82. The molecule has 1 atom stereocenters. The van der Waals surface area contributed by atoms with E-state index < -0.39 is 0 Å². The number of halogens is 1. The fourth-order valence-corrected chi connectivity index (χ4v) is 3.65. The van der Waals surface area contributed by atoms with Gasteiger partial charge < -0.3 is 10.2 Å². The van der Waals surface area contributed by atoms with Crippen molar-refractivity contribution in [1.29, 1.82) is 0 Å². The number of nitrogens with zero attached hydrogens (tertiary/aromatic N) is 3. The lowest BCUT2D eigenvalue weighted by Gasteiger charge is -2.24. The largest absolute Gasteiger partial charge is 0.380 e. The van der Waals surface area contributed by atoms with Crippen molar-refractivity contribution in [3.05, 3.63) is 74.3 Å². The molecule has 0 radical (unpaired) electrons. The molecule has 2 heterocycles. The molecule has 1 aromatic carbocycles. The Hall–Kier alpha value is -2.15. The lowest BCUT2D eigenvalue weighted by atomic mass is 10.2. The van der Waals surface area contributed by atoms with Crippen molar-refractivity contribution >= 4 is 28.6 Å². The highest BCUT2D eigenvalue weighted by molar-refractivity contribution is 7.10. The van der Waals surface area contributed by atoms with Crippen molar-refractivity contribution in [3.8, 4) is 5.69 Å². The highest BCUT2D eigenvalue weighted by Gasteiger charge is 2.17. The molecule has 0 saturated heterocycles. The molecule has 0 aliphatic rings. The summed E-state index contributed by atoms with van der Waals surface area (Å²) in [5.41, 5.74) is 0.892. The zero-order valence-corrected chi connectivity index (χ0v) is 15.6. The average molecular weight is 375 g/mol. The normalized spacial score (nSPS) is 12.3. The summed E-state index contributed by atoms with van der Waals surface area (Å²) in [6, 6.07) is 13.5. The van der Waals surface area contributed by atoms with E-state index in [1.54, 1.807) is 17.5 Å². The second kappa shape index (κ2) is 7.82. The number of hydrogen-bond acceptors (Lipinski definition) is 5. The predicted molar refractivity (Wildman–Crippen MR) is 104 cm³/mol. The molecule has 2 aromatic heterocycles. The van der Waals surface area contributed by atoms with E-state index >= 15 is 0 Å². The molecule has 0 aliphatic heterocycles. The van der Waals surface area contributed by atoms with Gasteiger partial charge in [0.15, 0.2) is 0 Å². The van der Waals surface area contributed by atoms with Gasteiger partial charge in [0, 0.05) is 11.4 Å². The van der Waals surface area contributed by atoms with Crippen LogP contribution in [0.4, 0.5) is 5.69 Å². The van der Waals surface area contributed by atoms with Gasteiger partial charge in [-0.2, -0.15) is 9.78 Å². The van der Waals surface area contributed by atoms with Gasteiger partial charge in [0.05, 0.1) is 23.6 Å². The van der Waals surface area contributed by atoms with E-state index in [0.717, 1.165) is 0 Å². The summed E-state index contributed by atoms with van der Waals surface area (Å²) < 4.78 is 1.30. The van der Waals surface area contributed by atoms with Crippen molar-refractivity contribution < 1.29 is 0 Å². The van der Waals surface area contributed by atoms with E-state index in [1.807, 2.05) is 50.5 Å². The molecule has 7 heteroatoms. The molecule has 0 bridgehead atoms. The number of aromatic nitrogens is 2. The van der Waals surface area contributed by atoms with Crippen molar-refractivity contribution in [1.82, 2.24) is 14.7 Å². The maximum Gasteiger partial charge on any atom is 0.292 e. The standard InChI is InChI=1S/C18H19ClN4OS/c1-22(2)15(16-9-6-10-25-16)12-20-14-11-21-23(18(24)17(14)19)13-7-4-3-5-8-13/h3-11,15,20H,12H2,1-2H3/t15-/m0/s1. The molecule has 0 unspecified atom stereocenters. The molecule has 0 amide bonds. The lowest BCUT2D eigenvalue weighted by molar-refractivity contribution is 0.316. The van der Waals surface area contributed by atoms with Gasteiger partial charge in [0.2, 0.25) is 0 Å². The molecule has 3 aromatic rings. The van der Waals surface area contributed by atoms with Gasteiger partial charge in [-0.25, -0.2) is 0 Å². The Morgan fingerprint density at radius 2 is 2.00 bits per heavy atom. The predicted octanol–water partition coefficient (Wildman–Crippen LogP) is 3.66. The van der Waals surface area contributed by atoms with Crippen LogP contribution in [0.25, 0.3) is 5.69 Å². The Morgan fingerprint density at radius 1 is 1.24 bits per heavy atom. The van der Waals surface area contributed by atoms with Crippen LogP contribution in [0.5, 0.6) is 0 Å². The minimum absolute atomic E-state index is 0.141. The molecule has 0 fully saturated rings. The van der Waals surface area contributed by atoms with Gasteiger partial charge in [0.1, 0.15) is 5.02 Å². The zero-order chi connectivity index (χ0) is 17.8. The summed E-state index contributed by atoms with van der Waals surface area (Å²) in [5, 5.41) is 9.70. The monoisotopic (exact) mass is 374 g/mol. The smallest absolute Gasteiger partial charge is 0.292 e. The van der Waals surface area contributed by atoms with Gasteiger partial charge in [-0.3, -0.25) is 4.79 Å². The molecule has 5 nitrogen and oxygen atoms in total. The average Bonchev–Trinajstić information content (AvgIpc) is 3.13. The van der Waals surface area contributed by atoms with Gasteiger partial charge >= 0.3 is 0 Å². The van der Waals surface area contributed by atoms with E-state index in [-0.39, 0.29) is 16.6 Å². The van der Waals surface area contributed by atoms with Crippen LogP contribution in [0.15, 0.2) is 58.8 Å². The maximum atomic E-state index is 12.5. The Kier molecular flexibility index (Phi) is 5.53. The molecular weight excluding hydrogens is 356 g/mol. The SMILES string of the molecule is CN(C)[C@@H](CNc1cnn(-c2ccccc2)c(=O)c1Cl)c1cccs1. The number of thiophene rings is 1. The third kappa shape index (κ3) is 3.92. The van der Waals surface area contributed by atoms with Crippen molar-refractivity contribution in [3.63, 3.8) is 0 Å². The minimum atomic E-state index is -0.338. The highest BCUT2D eigenvalue weighted by atomic mass is 35.5. The summed E-state index contributed by atoms with van der Waals surface area (Å²) in [5.74, 6) is 0. The van der Waals surface area contributed by atoms with E-state index in [9.17, 15) is 4.79 Å². The second-order valence-corrected chi connectivity index (χ2v) is 7.16. The lowest BCUT2D eigenvalue weighted by Crippen LogP contribution is -2.28. The number of para-hydroxylation sites is 1. The fraction of sp³-hybridized carbons (Fsp3) is 0.222. The first-order chi connectivity index (χ1) is 12.1. The first-order valence-corrected chi connectivity index (χ1v) is 9.10. The third-order valence-electron chi connectivity index (χ3n) is 3.90. The van der Waals surface area contributed by atoms with Crippen LogP contribution in [-0.4, -0.2) is 35.3 Å². The van der Waals surface area contributed by atoms with Crippen molar-refractivity contribution in [2.45, 2.75) is 6.04 Å². The van der Waals surface area contributed by atoms with Crippen LogP contribution in [0.1, 0.15) is 10.9 Å². The zero-order valence-electron chi connectivity index (χ0n) is 14.0. The van der Waals surface area contributed by atoms with Crippen LogP contribution < -0.4 is 10.9 Å². The van der Waals surface area contributed by atoms with E-state index in [2.05, 4.69) is 26.8 Å². The Labute approximate surface area is 155 Å². The molecule has 3 rings (SSSR count). The number of anilines is 1. The van der Waals surface area contributed by atoms with Crippen LogP contribution in [0, 0.1) is 0 Å². The quantitative estimate of drug-likeness (QED) is 0.715. The first-order valence-electron chi connectivity index (χ1n) is 7.85. The number of benzene rings is 1. The molecule has 25 heavy (non-hydrogen) atoms. The van der Waals surface area contributed by atoms with Crippen LogP contribution in [-0.2, 0) is 0 Å². The van der Waals surface area contributed by atoms with E-state index in [0.29, 0.717) is 17.9 Å². The van der Waals surface area contributed by atoms with Crippen LogP contribution in [0.3, 0.4) is 0 Å². The number of nitrogens with one attached hydrogen (secondary N) is 1. The van der Waals surface area contributed by atoms with Crippen molar-refractivity contribution in [2.24, 2.45) is 0 Å². The summed E-state index contributed by atoms with van der Waals surface area (Å²) in [7, 11) is 4.05. The molecule has 0 spiro atoms. The molecule has 0 aliphatic carbocycles. The number of rotatable bonds is 6. The summed E-state index contributed by atoms with van der Waals surface area (Å²) in [6.45, 7) is 0.629. The third-order valence-corrected chi connectivity index (χ3v) is 5.24. The second-order valence-electron chi connectivity index (χ2n) is 5.80. The summed E-state index contributed by atoms with van der Waals surface area (Å²) in [4.78, 5) is 15.9. The highest BCUT2D eigenvalue weighted by Crippen LogP contribution is 2.25. The van der Waals surface area contributed by atoms with Gasteiger partial charge in [-0.05, 0) is 37.7 Å². The number of likely N-dealkylation sites (N-methyl/N-ethyl adjacent to an activating group) is 1. The fourth-order valence-electron chi connectivity index (χ4n) is 2.53.